The maximum Gasteiger partial charge on any atom is 0.416 e. The quantitative estimate of drug-likeness (QED) is 0.232. The number of nitrogens with zero attached hydrogens (tertiary/aromatic N) is 3. The second kappa shape index (κ2) is 11.4. The molecule has 1 N–H and O–H groups in total. The van der Waals surface area contributed by atoms with Gasteiger partial charge in [0.2, 0.25) is 5.91 Å². The summed E-state index contributed by atoms with van der Waals surface area (Å²) in [5.41, 5.74) is -0.176. The van der Waals surface area contributed by atoms with Crippen LogP contribution in [0.25, 0.3) is 0 Å². The Bertz CT molecular complexity index is 1230. The fraction of sp³-hybridized carbons (Fsp3) is 0.261. The Hall–Kier alpha value is -2.69. The first-order chi connectivity index (χ1) is 16.5. The highest BCUT2D eigenvalue weighted by atomic mass is 35.5. The monoisotopic (exact) mass is 544 g/mol. The summed E-state index contributed by atoms with van der Waals surface area (Å²) in [4.78, 5) is 12.4. The summed E-state index contributed by atoms with van der Waals surface area (Å²) in [6.07, 6.45) is -3.38. The first kappa shape index (κ1) is 26.9. The SMILES string of the molecule is C=CCn1c(SCC(=O)Nc2cc(C(F)(F)F)ccc2Cl)nnc1C(C)Oc1ccc(Cl)cc1C. The molecule has 1 atom stereocenters. The van der Waals surface area contributed by atoms with Crippen molar-refractivity contribution < 1.29 is 22.7 Å². The van der Waals surface area contributed by atoms with Crippen LogP contribution in [0.2, 0.25) is 10.0 Å². The molecule has 3 rings (SSSR count). The molecule has 1 unspecified atom stereocenters. The van der Waals surface area contributed by atoms with Crippen LogP contribution in [0.3, 0.4) is 0 Å². The van der Waals surface area contributed by atoms with Gasteiger partial charge in [0.15, 0.2) is 17.1 Å². The largest absolute Gasteiger partial charge is 0.482 e. The highest BCUT2D eigenvalue weighted by molar-refractivity contribution is 7.99. The Morgan fingerprint density at radius 1 is 1.26 bits per heavy atom. The summed E-state index contributed by atoms with van der Waals surface area (Å²) in [6.45, 7) is 7.79. The molecule has 0 radical (unpaired) electrons. The van der Waals surface area contributed by atoms with Crippen molar-refractivity contribution in [2.24, 2.45) is 0 Å². The number of nitrogens with one attached hydrogen (secondary N) is 1. The molecule has 2 aromatic carbocycles. The number of carbonyl (C=O) groups is 1. The molecule has 1 heterocycles. The van der Waals surface area contributed by atoms with Gasteiger partial charge in [0.1, 0.15) is 5.75 Å². The number of halogens is 5. The van der Waals surface area contributed by atoms with E-state index in [0.29, 0.717) is 28.3 Å². The third-order valence-electron chi connectivity index (χ3n) is 4.76. The van der Waals surface area contributed by atoms with E-state index in [2.05, 4.69) is 22.1 Å². The Labute approximate surface area is 214 Å². The lowest BCUT2D eigenvalue weighted by Gasteiger charge is -2.17. The van der Waals surface area contributed by atoms with Crippen LogP contribution in [0.1, 0.15) is 30.0 Å². The summed E-state index contributed by atoms with van der Waals surface area (Å²) >= 11 is 13.0. The normalized spacial score (nSPS) is 12.3. The molecule has 6 nitrogen and oxygen atoms in total. The molecule has 35 heavy (non-hydrogen) atoms. The Kier molecular flexibility index (Phi) is 8.74. The molecule has 0 saturated heterocycles. The van der Waals surface area contributed by atoms with Gasteiger partial charge < -0.3 is 10.1 Å². The molecule has 0 aliphatic carbocycles. The molecule has 0 spiro atoms. The Morgan fingerprint density at radius 3 is 2.66 bits per heavy atom. The Balaban J connectivity index is 1.71. The average molecular weight is 545 g/mol. The molecule has 0 fully saturated rings. The number of amides is 1. The fourth-order valence-electron chi connectivity index (χ4n) is 3.11. The van der Waals surface area contributed by atoms with Gasteiger partial charge in [-0.1, -0.05) is 41.0 Å². The predicted octanol–water partition coefficient (Wildman–Crippen LogP) is 6.97. The van der Waals surface area contributed by atoms with E-state index in [1.54, 1.807) is 28.8 Å². The third kappa shape index (κ3) is 6.93. The van der Waals surface area contributed by atoms with Crippen molar-refractivity contribution in [1.82, 2.24) is 14.8 Å². The lowest BCUT2D eigenvalue weighted by Crippen LogP contribution is -2.16. The van der Waals surface area contributed by atoms with E-state index in [0.717, 1.165) is 35.5 Å². The molecule has 0 aliphatic rings. The van der Waals surface area contributed by atoms with Gasteiger partial charge in [-0.3, -0.25) is 9.36 Å². The lowest BCUT2D eigenvalue weighted by molar-refractivity contribution is -0.137. The number of ether oxygens (including phenoxy) is 1. The first-order valence-electron chi connectivity index (χ1n) is 10.3. The number of rotatable bonds is 9. The number of aromatic nitrogens is 3. The first-order valence-corrected chi connectivity index (χ1v) is 12.0. The van der Waals surface area contributed by atoms with E-state index < -0.39 is 23.8 Å². The van der Waals surface area contributed by atoms with Crippen molar-refractivity contribution in [3.63, 3.8) is 0 Å². The number of aryl methyl sites for hydroxylation is 1. The van der Waals surface area contributed by atoms with Crippen molar-refractivity contribution in [3.8, 4) is 5.75 Å². The third-order valence-corrected chi connectivity index (χ3v) is 6.29. The minimum Gasteiger partial charge on any atom is -0.482 e. The molecule has 1 aromatic heterocycles. The number of allylic oxidation sites excluding steroid dienone is 1. The van der Waals surface area contributed by atoms with Gasteiger partial charge in [0.25, 0.3) is 0 Å². The molecule has 0 saturated carbocycles. The highest BCUT2D eigenvalue weighted by Gasteiger charge is 2.31. The maximum absolute atomic E-state index is 13.0. The van der Waals surface area contributed by atoms with Crippen LogP contribution >= 0.6 is 35.0 Å². The number of thioether (sulfide) groups is 1. The van der Waals surface area contributed by atoms with Crippen LogP contribution in [0, 0.1) is 6.92 Å². The number of alkyl halides is 3. The van der Waals surface area contributed by atoms with Crippen molar-refractivity contribution in [2.75, 3.05) is 11.1 Å². The van der Waals surface area contributed by atoms with Gasteiger partial charge in [-0.25, -0.2) is 0 Å². The molecular weight excluding hydrogens is 524 g/mol. The van der Waals surface area contributed by atoms with Crippen LogP contribution in [-0.2, 0) is 17.5 Å². The fourth-order valence-corrected chi connectivity index (χ4v) is 4.26. The molecular formula is C23H21Cl2F3N4O2S. The number of carbonyl (C=O) groups excluding carboxylic acids is 1. The van der Waals surface area contributed by atoms with Crippen LogP contribution < -0.4 is 10.1 Å². The zero-order valence-electron chi connectivity index (χ0n) is 18.7. The molecule has 0 bridgehead atoms. The maximum atomic E-state index is 13.0. The second-order valence-electron chi connectivity index (χ2n) is 7.44. The lowest BCUT2D eigenvalue weighted by atomic mass is 10.2. The van der Waals surface area contributed by atoms with Crippen LogP contribution in [-0.4, -0.2) is 26.4 Å². The van der Waals surface area contributed by atoms with Crippen molar-refractivity contribution >= 4 is 46.6 Å². The zero-order chi connectivity index (χ0) is 25.8. The molecule has 12 heteroatoms. The zero-order valence-corrected chi connectivity index (χ0v) is 21.0. The van der Waals surface area contributed by atoms with Crippen LogP contribution in [0.4, 0.5) is 18.9 Å². The standard InChI is InChI=1S/C23H21Cl2F3N4O2S/c1-4-9-32-21(14(3)34-19-8-6-16(24)10-13(19)2)30-31-22(32)35-12-20(33)29-18-11-15(23(26,27)28)5-7-17(18)25/h4-8,10-11,14H,1,9,12H2,2-3H3,(H,29,33). The number of hydrogen-bond acceptors (Lipinski definition) is 5. The van der Waals surface area contributed by atoms with Crippen molar-refractivity contribution in [3.05, 3.63) is 76.0 Å². The molecule has 186 valence electrons. The summed E-state index contributed by atoms with van der Waals surface area (Å²) in [5, 5.41) is 11.8. The van der Waals surface area contributed by atoms with Crippen molar-refractivity contribution in [1.29, 1.82) is 0 Å². The van der Waals surface area contributed by atoms with Gasteiger partial charge in [0, 0.05) is 11.6 Å². The summed E-state index contributed by atoms with van der Waals surface area (Å²) < 4.78 is 46.7. The summed E-state index contributed by atoms with van der Waals surface area (Å²) in [7, 11) is 0. The predicted molar refractivity (Wildman–Crippen MR) is 131 cm³/mol. The number of hydrogen-bond donors (Lipinski definition) is 1. The van der Waals surface area contributed by atoms with Gasteiger partial charge in [0.05, 0.1) is 22.0 Å². The summed E-state index contributed by atoms with van der Waals surface area (Å²) in [5.74, 6) is 0.476. The van der Waals surface area contributed by atoms with Gasteiger partial charge in [-0.2, -0.15) is 13.2 Å². The second-order valence-corrected chi connectivity index (χ2v) is 9.23. The number of anilines is 1. The van der Waals surface area contributed by atoms with Crippen molar-refractivity contribution in [2.45, 2.75) is 37.8 Å². The van der Waals surface area contributed by atoms with E-state index in [9.17, 15) is 18.0 Å². The number of benzene rings is 2. The van der Waals surface area contributed by atoms with E-state index in [4.69, 9.17) is 27.9 Å². The van der Waals surface area contributed by atoms with E-state index in [1.807, 2.05) is 13.8 Å². The molecule has 0 aliphatic heterocycles. The molecule has 3 aromatic rings. The average Bonchev–Trinajstić information content (AvgIpc) is 3.18. The summed E-state index contributed by atoms with van der Waals surface area (Å²) in [6, 6.07) is 8.00. The minimum atomic E-state index is -4.56. The van der Waals surface area contributed by atoms with Gasteiger partial charge >= 0.3 is 6.18 Å². The van der Waals surface area contributed by atoms with E-state index in [-0.39, 0.29) is 16.5 Å². The smallest absolute Gasteiger partial charge is 0.416 e. The van der Waals surface area contributed by atoms with Crippen LogP contribution in [0.15, 0.2) is 54.2 Å². The van der Waals surface area contributed by atoms with Gasteiger partial charge in [-0.05, 0) is 55.8 Å². The topological polar surface area (TPSA) is 69.0 Å². The van der Waals surface area contributed by atoms with E-state index in [1.165, 1.54) is 0 Å². The van der Waals surface area contributed by atoms with E-state index >= 15 is 0 Å². The van der Waals surface area contributed by atoms with Crippen LogP contribution in [0.5, 0.6) is 5.75 Å². The Morgan fingerprint density at radius 2 is 2.00 bits per heavy atom. The van der Waals surface area contributed by atoms with Gasteiger partial charge in [-0.15, -0.1) is 16.8 Å². The molecule has 1 amide bonds. The minimum absolute atomic E-state index is 0.00285. The highest BCUT2D eigenvalue weighted by Crippen LogP contribution is 2.34.